The topological polar surface area (TPSA) is 84.3 Å². The lowest BCUT2D eigenvalue weighted by Crippen LogP contribution is -2.05. The van der Waals surface area contributed by atoms with Crippen molar-refractivity contribution in [3.8, 4) is 11.8 Å². The van der Waals surface area contributed by atoms with Gasteiger partial charge in [0.25, 0.3) is 0 Å². The van der Waals surface area contributed by atoms with Gasteiger partial charge >= 0.3 is 0 Å². The molecule has 0 aliphatic carbocycles. The Hall–Kier alpha value is -3.08. The zero-order valence-electron chi connectivity index (χ0n) is 14.2. The molecule has 1 N–H and O–H groups in total. The number of nitriles is 1. The van der Waals surface area contributed by atoms with Crippen molar-refractivity contribution in [2.24, 2.45) is 7.05 Å². The summed E-state index contributed by atoms with van der Waals surface area (Å²) in [6.07, 6.45) is 1.78. The van der Waals surface area contributed by atoms with Crippen molar-refractivity contribution in [2.45, 2.75) is 6.54 Å². The summed E-state index contributed by atoms with van der Waals surface area (Å²) in [7, 11) is 1.89. The first kappa shape index (κ1) is 17.3. The van der Waals surface area contributed by atoms with E-state index in [0.717, 1.165) is 16.7 Å². The molecule has 9 heteroatoms. The lowest BCUT2D eigenvalue weighted by molar-refractivity contribution is 0.797. The molecule has 0 spiro atoms. The first-order valence-electron chi connectivity index (χ1n) is 8.03. The highest BCUT2D eigenvalue weighted by Gasteiger charge is 2.11. The van der Waals surface area contributed by atoms with Gasteiger partial charge in [-0.05, 0) is 30.3 Å². The van der Waals surface area contributed by atoms with Crippen LogP contribution in [0, 0.1) is 11.3 Å². The second kappa shape index (κ2) is 6.91. The number of nitrogens with one attached hydrogen (secondary N) is 1. The van der Waals surface area contributed by atoms with Crippen LogP contribution in [0.1, 0.15) is 11.3 Å². The Morgan fingerprint density at radius 2 is 2.07 bits per heavy atom. The molecule has 2 heterocycles. The number of benzene rings is 2. The molecule has 4 rings (SSSR count). The van der Waals surface area contributed by atoms with Crippen molar-refractivity contribution >= 4 is 40.2 Å². The molecule has 0 radical (unpaired) electrons. The Labute approximate surface area is 164 Å². The van der Waals surface area contributed by atoms with Crippen LogP contribution < -0.4 is 5.32 Å². The van der Waals surface area contributed by atoms with Crippen LogP contribution in [-0.4, -0.2) is 24.5 Å². The van der Waals surface area contributed by atoms with Gasteiger partial charge in [0, 0.05) is 7.05 Å². The molecule has 2 aromatic carbocycles. The average molecular weight is 398 g/mol. The summed E-state index contributed by atoms with van der Waals surface area (Å²) >= 11 is 12.3. The number of aromatic nitrogens is 5. The van der Waals surface area contributed by atoms with Crippen molar-refractivity contribution in [2.75, 3.05) is 5.32 Å². The number of hydrogen-bond donors (Lipinski definition) is 1. The number of anilines is 1. The fraction of sp³-hybridized carbons (Fsp3) is 0.111. The molecule has 4 aromatic rings. The Morgan fingerprint density at radius 1 is 1.22 bits per heavy atom. The van der Waals surface area contributed by atoms with Crippen LogP contribution in [0.2, 0.25) is 10.0 Å². The fourth-order valence-corrected chi connectivity index (χ4v) is 3.14. The largest absolute Gasteiger partial charge is 0.350 e. The van der Waals surface area contributed by atoms with E-state index < -0.39 is 0 Å². The van der Waals surface area contributed by atoms with Gasteiger partial charge in [-0.25, -0.2) is 9.67 Å². The first-order valence-corrected chi connectivity index (χ1v) is 8.78. The van der Waals surface area contributed by atoms with E-state index in [1.165, 1.54) is 0 Å². The minimum Gasteiger partial charge on any atom is -0.350 e. The number of halogens is 2. The summed E-state index contributed by atoms with van der Waals surface area (Å²) in [6.45, 7) is 0.431. The summed E-state index contributed by atoms with van der Waals surface area (Å²) in [5, 5.41) is 21.4. The van der Waals surface area contributed by atoms with Crippen LogP contribution >= 0.6 is 23.2 Å². The molecule has 0 aliphatic heterocycles. The molecule has 0 saturated carbocycles. The number of aryl methyl sites for hydroxylation is 1. The van der Waals surface area contributed by atoms with Gasteiger partial charge < -0.3 is 9.88 Å². The van der Waals surface area contributed by atoms with E-state index in [2.05, 4.69) is 26.7 Å². The Balaban J connectivity index is 1.56. The summed E-state index contributed by atoms with van der Waals surface area (Å²) in [6, 6.07) is 12.9. The molecule has 27 heavy (non-hydrogen) atoms. The lowest BCUT2D eigenvalue weighted by Gasteiger charge is -2.05. The van der Waals surface area contributed by atoms with Crippen LogP contribution in [0.3, 0.4) is 0 Å². The van der Waals surface area contributed by atoms with Crippen LogP contribution in [0.5, 0.6) is 0 Å². The summed E-state index contributed by atoms with van der Waals surface area (Å²) in [4.78, 5) is 4.54. The van der Waals surface area contributed by atoms with Crippen LogP contribution in [0.15, 0.2) is 42.6 Å². The SMILES string of the molecule is Cn1c(NCc2cn(-c3cccc(Cl)c3Cl)nn2)nc2ccc(C#N)cc21. The highest BCUT2D eigenvalue weighted by atomic mass is 35.5. The Bertz CT molecular complexity index is 1190. The van der Waals surface area contributed by atoms with Gasteiger partial charge in [-0.15, -0.1) is 5.10 Å². The maximum Gasteiger partial charge on any atom is 0.203 e. The smallest absolute Gasteiger partial charge is 0.203 e. The maximum atomic E-state index is 9.05. The predicted molar refractivity (Wildman–Crippen MR) is 104 cm³/mol. The quantitative estimate of drug-likeness (QED) is 0.563. The van der Waals surface area contributed by atoms with Crippen LogP contribution in [0.4, 0.5) is 5.95 Å². The van der Waals surface area contributed by atoms with Gasteiger partial charge in [0.15, 0.2) is 0 Å². The third-order valence-electron chi connectivity index (χ3n) is 4.16. The van der Waals surface area contributed by atoms with E-state index in [-0.39, 0.29) is 0 Å². The second-order valence-corrected chi connectivity index (χ2v) is 6.68. The Kier molecular flexibility index (Phi) is 4.44. The molecule has 0 unspecified atom stereocenters. The van der Waals surface area contributed by atoms with E-state index >= 15 is 0 Å². The molecule has 0 fully saturated rings. The number of imidazole rings is 1. The highest BCUT2D eigenvalue weighted by Crippen LogP contribution is 2.28. The molecule has 0 bridgehead atoms. The van der Waals surface area contributed by atoms with Crippen molar-refractivity contribution in [1.29, 1.82) is 5.26 Å². The standard InChI is InChI=1S/C18H13Cl2N7/c1-26-16-7-11(8-21)5-6-14(16)23-18(26)22-9-12-10-27(25-24-12)15-4-2-3-13(19)17(15)20/h2-7,10H,9H2,1H3,(H,22,23). The number of fused-ring (bicyclic) bond motifs is 1. The van der Waals surface area contributed by atoms with Crippen LogP contribution in [-0.2, 0) is 13.6 Å². The monoisotopic (exact) mass is 397 g/mol. The van der Waals surface area contributed by atoms with Crippen molar-refractivity contribution in [3.05, 3.63) is 63.9 Å². The van der Waals surface area contributed by atoms with E-state index in [1.807, 2.05) is 29.8 Å². The molecular formula is C18H13Cl2N7. The summed E-state index contributed by atoms with van der Waals surface area (Å²) < 4.78 is 3.48. The normalized spacial score (nSPS) is 10.9. The second-order valence-electron chi connectivity index (χ2n) is 5.89. The van der Waals surface area contributed by atoms with Gasteiger partial charge in [-0.1, -0.05) is 34.5 Å². The molecule has 0 amide bonds. The van der Waals surface area contributed by atoms with Gasteiger partial charge in [-0.3, -0.25) is 0 Å². The molecule has 7 nitrogen and oxygen atoms in total. The minimum absolute atomic E-state index is 0.423. The average Bonchev–Trinajstić information content (AvgIpc) is 3.27. The molecule has 134 valence electrons. The zero-order chi connectivity index (χ0) is 19.0. The molecule has 2 aromatic heterocycles. The van der Waals surface area contributed by atoms with Gasteiger partial charge in [0.1, 0.15) is 5.69 Å². The summed E-state index contributed by atoms with van der Waals surface area (Å²) in [5.74, 6) is 0.676. The third-order valence-corrected chi connectivity index (χ3v) is 4.97. The summed E-state index contributed by atoms with van der Waals surface area (Å²) in [5.41, 5.74) is 3.67. The fourth-order valence-electron chi connectivity index (χ4n) is 2.75. The van der Waals surface area contributed by atoms with Gasteiger partial charge in [0.05, 0.1) is 51.1 Å². The number of hydrogen-bond acceptors (Lipinski definition) is 5. The molecular weight excluding hydrogens is 385 g/mol. The van der Waals surface area contributed by atoms with E-state index in [9.17, 15) is 0 Å². The van der Waals surface area contributed by atoms with Crippen LogP contribution in [0.25, 0.3) is 16.7 Å². The van der Waals surface area contributed by atoms with E-state index in [4.69, 9.17) is 28.5 Å². The third kappa shape index (κ3) is 3.21. The van der Waals surface area contributed by atoms with E-state index in [1.54, 1.807) is 29.1 Å². The lowest BCUT2D eigenvalue weighted by atomic mass is 10.2. The Morgan fingerprint density at radius 3 is 2.89 bits per heavy atom. The maximum absolute atomic E-state index is 9.05. The van der Waals surface area contributed by atoms with Crippen molar-refractivity contribution in [1.82, 2.24) is 24.5 Å². The molecule has 0 saturated heterocycles. The van der Waals surface area contributed by atoms with Gasteiger partial charge in [-0.2, -0.15) is 5.26 Å². The first-order chi connectivity index (χ1) is 13.1. The molecule has 0 atom stereocenters. The van der Waals surface area contributed by atoms with E-state index in [0.29, 0.717) is 33.8 Å². The minimum atomic E-state index is 0.423. The zero-order valence-corrected chi connectivity index (χ0v) is 15.7. The van der Waals surface area contributed by atoms with Gasteiger partial charge in [0.2, 0.25) is 5.95 Å². The number of nitrogens with zero attached hydrogens (tertiary/aromatic N) is 6. The van der Waals surface area contributed by atoms with Crippen molar-refractivity contribution < 1.29 is 0 Å². The van der Waals surface area contributed by atoms with Crippen molar-refractivity contribution in [3.63, 3.8) is 0 Å². The highest BCUT2D eigenvalue weighted by molar-refractivity contribution is 6.43. The predicted octanol–water partition coefficient (Wildman–Crippen LogP) is 3.94. The molecule has 0 aliphatic rings. The number of rotatable bonds is 4.